The molecule has 6 heteroatoms. The van der Waals surface area contributed by atoms with Crippen LogP contribution in [0.15, 0.2) is 11.1 Å². The van der Waals surface area contributed by atoms with Gasteiger partial charge in [0.05, 0.1) is 6.33 Å². The fourth-order valence-corrected chi connectivity index (χ4v) is 2.75. The zero-order valence-electron chi connectivity index (χ0n) is 11.3. The van der Waals surface area contributed by atoms with Crippen molar-refractivity contribution >= 4 is 11.5 Å². The molecule has 2 rings (SSSR count). The highest BCUT2D eigenvalue weighted by Gasteiger charge is 2.24. The predicted molar refractivity (Wildman–Crippen MR) is 77.2 cm³/mol. The average Bonchev–Trinajstić information content (AvgIpc) is 2.45. The van der Waals surface area contributed by atoms with Gasteiger partial charge in [0.2, 0.25) is 0 Å². The number of aromatic amines is 1. The molecule has 1 saturated carbocycles. The van der Waals surface area contributed by atoms with Crippen LogP contribution in [0, 0.1) is 0 Å². The number of anilines is 2. The van der Waals surface area contributed by atoms with Gasteiger partial charge < -0.3 is 21.4 Å². The lowest BCUT2D eigenvalue weighted by atomic mass is 9.94. The molecule has 1 aromatic rings. The summed E-state index contributed by atoms with van der Waals surface area (Å²) < 4.78 is 0. The van der Waals surface area contributed by atoms with Gasteiger partial charge in [-0.3, -0.25) is 4.79 Å². The maximum absolute atomic E-state index is 11.6. The van der Waals surface area contributed by atoms with Gasteiger partial charge in [0, 0.05) is 12.6 Å². The quantitative estimate of drug-likeness (QED) is 0.732. The molecular weight excluding hydrogens is 242 g/mol. The topological polar surface area (TPSA) is 101 Å². The highest BCUT2D eigenvalue weighted by molar-refractivity contribution is 5.61. The Morgan fingerprint density at radius 1 is 1.37 bits per heavy atom. The van der Waals surface area contributed by atoms with Crippen LogP contribution in [0.5, 0.6) is 0 Å². The third kappa shape index (κ3) is 3.26. The largest absolute Gasteiger partial charge is 0.391 e. The molecule has 0 bridgehead atoms. The zero-order chi connectivity index (χ0) is 13.7. The average molecular weight is 265 g/mol. The van der Waals surface area contributed by atoms with Crippen LogP contribution >= 0.6 is 0 Å². The van der Waals surface area contributed by atoms with Crippen molar-refractivity contribution in [1.29, 1.82) is 0 Å². The number of aromatic nitrogens is 2. The van der Waals surface area contributed by atoms with E-state index in [0.717, 1.165) is 25.8 Å². The standard InChI is InChI=1S/C13H23N5O/c14-7-4-8-18(10-5-2-1-3-6-10)12-11(15)13(19)17-9-16-12/h9-10H,1-8,14-15H2,(H,16,17,19). The van der Waals surface area contributed by atoms with Crippen molar-refractivity contribution < 1.29 is 0 Å². The Hall–Kier alpha value is -1.56. The molecule has 1 fully saturated rings. The molecule has 6 nitrogen and oxygen atoms in total. The molecule has 1 aliphatic carbocycles. The van der Waals surface area contributed by atoms with Crippen LogP contribution in [-0.4, -0.2) is 29.1 Å². The van der Waals surface area contributed by atoms with Gasteiger partial charge in [-0.2, -0.15) is 0 Å². The number of nitrogen functional groups attached to an aromatic ring is 1. The molecule has 1 aliphatic rings. The Morgan fingerprint density at radius 3 is 2.79 bits per heavy atom. The van der Waals surface area contributed by atoms with E-state index < -0.39 is 0 Å². The molecule has 0 saturated heterocycles. The van der Waals surface area contributed by atoms with Gasteiger partial charge in [-0.15, -0.1) is 0 Å². The number of hydrogen-bond acceptors (Lipinski definition) is 5. The van der Waals surface area contributed by atoms with Crippen molar-refractivity contribution in [2.24, 2.45) is 5.73 Å². The summed E-state index contributed by atoms with van der Waals surface area (Å²) in [6.07, 6.45) is 8.33. The fourth-order valence-electron chi connectivity index (χ4n) is 2.75. The van der Waals surface area contributed by atoms with Gasteiger partial charge in [0.1, 0.15) is 5.69 Å². The summed E-state index contributed by atoms with van der Waals surface area (Å²) in [5.74, 6) is 0.615. The monoisotopic (exact) mass is 265 g/mol. The smallest absolute Gasteiger partial charge is 0.276 e. The van der Waals surface area contributed by atoms with Gasteiger partial charge in [-0.05, 0) is 25.8 Å². The number of nitrogens with zero attached hydrogens (tertiary/aromatic N) is 2. The number of nitrogens with one attached hydrogen (secondary N) is 1. The second kappa shape index (κ2) is 6.56. The van der Waals surface area contributed by atoms with Crippen LogP contribution in [0.3, 0.4) is 0 Å². The van der Waals surface area contributed by atoms with Crippen molar-refractivity contribution in [1.82, 2.24) is 9.97 Å². The van der Waals surface area contributed by atoms with E-state index in [9.17, 15) is 4.79 Å². The summed E-state index contributed by atoms with van der Waals surface area (Å²) in [6, 6.07) is 0.428. The summed E-state index contributed by atoms with van der Waals surface area (Å²) in [5.41, 5.74) is 11.4. The summed E-state index contributed by atoms with van der Waals surface area (Å²) in [7, 11) is 0. The van der Waals surface area contributed by atoms with Crippen LogP contribution < -0.4 is 21.9 Å². The maximum atomic E-state index is 11.6. The minimum atomic E-state index is -0.265. The first-order valence-corrected chi connectivity index (χ1v) is 7.04. The molecule has 0 spiro atoms. The van der Waals surface area contributed by atoms with E-state index in [4.69, 9.17) is 11.5 Å². The van der Waals surface area contributed by atoms with Crippen LogP contribution in [0.2, 0.25) is 0 Å². The van der Waals surface area contributed by atoms with Crippen LogP contribution in [0.1, 0.15) is 38.5 Å². The van der Waals surface area contributed by atoms with Crippen LogP contribution in [0.25, 0.3) is 0 Å². The SMILES string of the molecule is NCCCN(c1nc[nH]c(=O)c1N)C1CCCCC1. The molecule has 0 amide bonds. The molecule has 19 heavy (non-hydrogen) atoms. The van der Waals surface area contributed by atoms with Gasteiger partial charge in [0.15, 0.2) is 5.82 Å². The molecule has 1 aromatic heterocycles. The number of rotatable bonds is 5. The normalized spacial score (nSPS) is 16.5. The Kier molecular flexibility index (Phi) is 4.79. The third-order valence-electron chi connectivity index (χ3n) is 3.76. The van der Waals surface area contributed by atoms with E-state index in [1.807, 2.05) is 0 Å². The van der Waals surface area contributed by atoms with Crippen molar-refractivity contribution in [2.45, 2.75) is 44.6 Å². The molecule has 0 aromatic carbocycles. The minimum Gasteiger partial charge on any atom is -0.391 e. The van der Waals surface area contributed by atoms with Crippen LogP contribution in [0.4, 0.5) is 11.5 Å². The second-order valence-electron chi connectivity index (χ2n) is 5.10. The van der Waals surface area contributed by atoms with E-state index >= 15 is 0 Å². The maximum Gasteiger partial charge on any atom is 0.276 e. The highest BCUT2D eigenvalue weighted by Crippen LogP contribution is 2.27. The molecule has 0 radical (unpaired) electrons. The lowest BCUT2D eigenvalue weighted by Crippen LogP contribution is -2.40. The molecule has 1 heterocycles. The number of hydrogen-bond donors (Lipinski definition) is 3. The Labute approximate surface area is 113 Å². The molecule has 0 unspecified atom stereocenters. The molecule has 0 aliphatic heterocycles. The zero-order valence-corrected chi connectivity index (χ0v) is 11.3. The third-order valence-corrected chi connectivity index (χ3v) is 3.76. The second-order valence-corrected chi connectivity index (χ2v) is 5.10. The molecule has 5 N–H and O–H groups in total. The van der Waals surface area contributed by atoms with E-state index in [2.05, 4.69) is 14.9 Å². The van der Waals surface area contributed by atoms with Crippen molar-refractivity contribution in [3.8, 4) is 0 Å². The molecular formula is C13H23N5O. The highest BCUT2D eigenvalue weighted by atomic mass is 16.1. The minimum absolute atomic E-state index is 0.213. The predicted octanol–water partition coefficient (Wildman–Crippen LogP) is 0.840. The van der Waals surface area contributed by atoms with Crippen molar-refractivity contribution in [3.63, 3.8) is 0 Å². The van der Waals surface area contributed by atoms with Gasteiger partial charge in [-0.25, -0.2) is 4.98 Å². The summed E-state index contributed by atoms with van der Waals surface area (Å²) in [4.78, 5) is 20.6. The first kappa shape index (κ1) is 13.9. The van der Waals surface area contributed by atoms with Crippen LogP contribution in [-0.2, 0) is 0 Å². The lowest BCUT2D eigenvalue weighted by Gasteiger charge is -2.35. The molecule has 0 atom stereocenters. The van der Waals surface area contributed by atoms with Gasteiger partial charge >= 0.3 is 0 Å². The van der Waals surface area contributed by atoms with Gasteiger partial charge in [0.25, 0.3) is 5.56 Å². The van der Waals surface area contributed by atoms with E-state index in [0.29, 0.717) is 18.4 Å². The van der Waals surface area contributed by atoms with Crippen molar-refractivity contribution in [3.05, 3.63) is 16.7 Å². The Bertz CT molecular complexity index is 453. The first-order valence-electron chi connectivity index (χ1n) is 7.04. The van der Waals surface area contributed by atoms with E-state index in [1.54, 1.807) is 0 Å². The van der Waals surface area contributed by atoms with Crippen molar-refractivity contribution in [2.75, 3.05) is 23.7 Å². The van der Waals surface area contributed by atoms with E-state index in [1.165, 1.54) is 25.6 Å². The fraction of sp³-hybridized carbons (Fsp3) is 0.692. The first-order chi connectivity index (χ1) is 9.24. The summed E-state index contributed by atoms with van der Waals surface area (Å²) >= 11 is 0. The Morgan fingerprint density at radius 2 is 2.11 bits per heavy atom. The lowest BCUT2D eigenvalue weighted by molar-refractivity contribution is 0.411. The molecule has 106 valence electrons. The Balaban J connectivity index is 2.25. The van der Waals surface area contributed by atoms with E-state index in [-0.39, 0.29) is 11.2 Å². The summed E-state index contributed by atoms with van der Waals surface area (Å²) in [5, 5.41) is 0. The van der Waals surface area contributed by atoms with Gasteiger partial charge in [-0.1, -0.05) is 19.3 Å². The summed E-state index contributed by atoms with van der Waals surface area (Å²) in [6.45, 7) is 1.44. The number of H-pyrrole nitrogens is 1. The number of nitrogens with two attached hydrogens (primary N) is 2.